The van der Waals surface area contributed by atoms with E-state index < -0.39 is 0 Å². The summed E-state index contributed by atoms with van der Waals surface area (Å²) in [6.07, 6.45) is 2.92. The lowest BCUT2D eigenvalue weighted by molar-refractivity contribution is 0.0103. The number of ether oxygens (including phenoxy) is 1. The first kappa shape index (κ1) is 12.8. The molecule has 0 spiro atoms. The van der Waals surface area contributed by atoms with Gasteiger partial charge >= 0.3 is 0 Å². The van der Waals surface area contributed by atoms with E-state index in [1.165, 1.54) is 23.4 Å². The van der Waals surface area contributed by atoms with Gasteiger partial charge in [-0.25, -0.2) is 0 Å². The van der Waals surface area contributed by atoms with Gasteiger partial charge in [0.2, 0.25) is 0 Å². The fourth-order valence-electron chi connectivity index (χ4n) is 1.91. The van der Waals surface area contributed by atoms with E-state index in [1.807, 2.05) is 0 Å². The van der Waals surface area contributed by atoms with Crippen molar-refractivity contribution in [2.45, 2.75) is 6.10 Å². The summed E-state index contributed by atoms with van der Waals surface area (Å²) in [5, 5.41) is 3.20. The number of H-pyrrole nitrogens is 1. The Bertz CT molecular complexity index is 466. The molecule has 1 aliphatic rings. The summed E-state index contributed by atoms with van der Waals surface area (Å²) in [7, 11) is 1.67. The van der Waals surface area contributed by atoms with Gasteiger partial charge < -0.3 is 19.9 Å². The Labute approximate surface area is 105 Å². The lowest BCUT2D eigenvalue weighted by atomic mass is 10.2. The van der Waals surface area contributed by atoms with Gasteiger partial charge in [-0.15, -0.1) is 0 Å². The van der Waals surface area contributed by atoms with Gasteiger partial charge in [0.1, 0.15) is 5.56 Å². The SMILES string of the molecule is CN(CC1CNCCO1)C(=O)c1c[nH]ccc1=O. The van der Waals surface area contributed by atoms with Crippen molar-refractivity contribution in [1.29, 1.82) is 0 Å². The Morgan fingerprint density at radius 3 is 3.11 bits per heavy atom. The van der Waals surface area contributed by atoms with E-state index in [4.69, 9.17) is 4.74 Å². The molecule has 0 bridgehead atoms. The smallest absolute Gasteiger partial charge is 0.259 e. The van der Waals surface area contributed by atoms with E-state index in [0.29, 0.717) is 13.2 Å². The van der Waals surface area contributed by atoms with Crippen LogP contribution in [0.5, 0.6) is 0 Å². The van der Waals surface area contributed by atoms with Gasteiger partial charge in [-0.3, -0.25) is 9.59 Å². The van der Waals surface area contributed by atoms with E-state index in [9.17, 15) is 9.59 Å². The van der Waals surface area contributed by atoms with Crippen molar-refractivity contribution in [1.82, 2.24) is 15.2 Å². The van der Waals surface area contributed by atoms with Crippen LogP contribution in [0.25, 0.3) is 0 Å². The third-order valence-corrected chi connectivity index (χ3v) is 2.88. The molecule has 6 nitrogen and oxygen atoms in total. The van der Waals surface area contributed by atoms with Crippen LogP contribution in [0.4, 0.5) is 0 Å². The number of nitrogens with zero attached hydrogens (tertiary/aromatic N) is 1. The topological polar surface area (TPSA) is 74.4 Å². The fourth-order valence-corrected chi connectivity index (χ4v) is 1.91. The highest BCUT2D eigenvalue weighted by Crippen LogP contribution is 2.02. The Hall–Kier alpha value is -1.66. The average Bonchev–Trinajstić information content (AvgIpc) is 2.39. The van der Waals surface area contributed by atoms with Gasteiger partial charge in [0, 0.05) is 45.1 Å². The number of aromatic amines is 1. The summed E-state index contributed by atoms with van der Waals surface area (Å²) >= 11 is 0. The second-order valence-corrected chi connectivity index (χ2v) is 4.30. The highest BCUT2D eigenvalue weighted by Gasteiger charge is 2.20. The molecule has 2 heterocycles. The summed E-state index contributed by atoms with van der Waals surface area (Å²) in [6.45, 7) is 2.69. The lowest BCUT2D eigenvalue weighted by Gasteiger charge is -2.27. The van der Waals surface area contributed by atoms with E-state index >= 15 is 0 Å². The van der Waals surface area contributed by atoms with E-state index in [-0.39, 0.29) is 23.0 Å². The molecule has 18 heavy (non-hydrogen) atoms. The molecular weight excluding hydrogens is 234 g/mol. The standard InChI is InChI=1S/C12H17N3O3/c1-15(8-9-6-14-4-5-18-9)12(17)10-7-13-3-2-11(10)16/h2-3,7,9,14H,4-6,8H2,1H3,(H,13,16). The maximum absolute atomic E-state index is 12.1. The minimum atomic E-state index is -0.286. The molecule has 1 atom stereocenters. The predicted molar refractivity (Wildman–Crippen MR) is 66.6 cm³/mol. The second-order valence-electron chi connectivity index (χ2n) is 4.30. The average molecular weight is 251 g/mol. The summed E-state index contributed by atoms with van der Waals surface area (Å²) in [5.74, 6) is -0.286. The molecule has 0 aliphatic carbocycles. The zero-order valence-electron chi connectivity index (χ0n) is 10.3. The van der Waals surface area contributed by atoms with Crippen LogP contribution in [-0.2, 0) is 4.74 Å². The summed E-state index contributed by atoms with van der Waals surface area (Å²) in [5.41, 5.74) is -0.114. The quantitative estimate of drug-likeness (QED) is 0.755. The number of morpholine rings is 1. The molecule has 2 N–H and O–H groups in total. The number of amides is 1. The second kappa shape index (κ2) is 5.79. The summed E-state index contributed by atoms with van der Waals surface area (Å²) < 4.78 is 5.52. The molecule has 1 amide bonds. The highest BCUT2D eigenvalue weighted by molar-refractivity contribution is 5.93. The van der Waals surface area contributed by atoms with Crippen LogP contribution in [0.15, 0.2) is 23.3 Å². The molecule has 1 fully saturated rings. The van der Waals surface area contributed by atoms with Crippen molar-refractivity contribution >= 4 is 5.91 Å². The van der Waals surface area contributed by atoms with Gasteiger partial charge in [-0.2, -0.15) is 0 Å². The van der Waals surface area contributed by atoms with Gasteiger partial charge in [0.15, 0.2) is 5.43 Å². The number of pyridine rings is 1. The number of hydrogen-bond acceptors (Lipinski definition) is 4. The Balaban J connectivity index is 2.00. The van der Waals surface area contributed by atoms with Gasteiger partial charge in [-0.1, -0.05) is 0 Å². The molecule has 2 rings (SSSR count). The van der Waals surface area contributed by atoms with Crippen LogP contribution in [0.2, 0.25) is 0 Å². The molecule has 1 saturated heterocycles. The zero-order valence-corrected chi connectivity index (χ0v) is 10.3. The molecular formula is C12H17N3O3. The van der Waals surface area contributed by atoms with Gasteiger partial charge in [0.05, 0.1) is 12.7 Å². The van der Waals surface area contributed by atoms with Crippen LogP contribution in [-0.4, -0.2) is 55.2 Å². The number of nitrogens with one attached hydrogen (secondary N) is 2. The zero-order chi connectivity index (χ0) is 13.0. The first-order valence-corrected chi connectivity index (χ1v) is 5.93. The van der Waals surface area contributed by atoms with E-state index in [1.54, 1.807) is 7.05 Å². The maximum atomic E-state index is 12.1. The molecule has 1 aliphatic heterocycles. The number of likely N-dealkylation sites (N-methyl/N-ethyl adjacent to an activating group) is 1. The van der Waals surface area contributed by atoms with E-state index in [2.05, 4.69) is 10.3 Å². The van der Waals surface area contributed by atoms with E-state index in [0.717, 1.165) is 13.1 Å². The third-order valence-electron chi connectivity index (χ3n) is 2.88. The molecule has 0 radical (unpaired) electrons. The maximum Gasteiger partial charge on any atom is 0.259 e. The number of carbonyl (C=O) groups is 1. The predicted octanol–water partition coefficient (Wildman–Crippen LogP) is -0.565. The molecule has 1 unspecified atom stereocenters. The van der Waals surface area contributed by atoms with Crippen LogP contribution in [0.3, 0.4) is 0 Å². The van der Waals surface area contributed by atoms with Crippen molar-refractivity contribution in [3.8, 4) is 0 Å². The van der Waals surface area contributed by atoms with Gasteiger partial charge in [-0.05, 0) is 0 Å². The van der Waals surface area contributed by atoms with Crippen molar-refractivity contribution in [2.75, 3.05) is 33.3 Å². The van der Waals surface area contributed by atoms with Gasteiger partial charge in [0.25, 0.3) is 5.91 Å². The van der Waals surface area contributed by atoms with Crippen molar-refractivity contribution in [2.24, 2.45) is 0 Å². The van der Waals surface area contributed by atoms with Crippen LogP contribution < -0.4 is 10.7 Å². The van der Waals surface area contributed by atoms with Crippen LogP contribution >= 0.6 is 0 Å². The number of aromatic nitrogens is 1. The Morgan fingerprint density at radius 1 is 1.61 bits per heavy atom. The first-order valence-electron chi connectivity index (χ1n) is 5.93. The largest absolute Gasteiger partial charge is 0.374 e. The van der Waals surface area contributed by atoms with Crippen molar-refractivity contribution in [3.63, 3.8) is 0 Å². The molecule has 0 aromatic carbocycles. The highest BCUT2D eigenvalue weighted by atomic mass is 16.5. The molecule has 98 valence electrons. The molecule has 6 heteroatoms. The molecule has 1 aromatic rings. The third kappa shape index (κ3) is 2.96. The number of carbonyl (C=O) groups excluding carboxylic acids is 1. The monoisotopic (exact) mass is 251 g/mol. The molecule has 1 aromatic heterocycles. The minimum Gasteiger partial charge on any atom is -0.374 e. The first-order chi connectivity index (χ1) is 8.68. The lowest BCUT2D eigenvalue weighted by Crippen LogP contribution is -2.46. The van der Waals surface area contributed by atoms with Crippen molar-refractivity contribution in [3.05, 3.63) is 34.2 Å². The minimum absolute atomic E-state index is 0.0181. The number of rotatable bonds is 3. The fraction of sp³-hybridized carbons (Fsp3) is 0.500. The normalized spacial score (nSPS) is 19.5. The van der Waals surface area contributed by atoms with Crippen LogP contribution in [0, 0.1) is 0 Å². The Kier molecular flexibility index (Phi) is 4.11. The van der Waals surface area contributed by atoms with Crippen molar-refractivity contribution < 1.29 is 9.53 Å². The Morgan fingerprint density at radius 2 is 2.44 bits per heavy atom. The summed E-state index contributed by atoms with van der Waals surface area (Å²) in [4.78, 5) is 27.9. The summed E-state index contributed by atoms with van der Waals surface area (Å²) in [6, 6.07) is 1.35. The molecule has 0 saturated carbocycles. The number of hydrogen-bond donors (Lipinski definition) is 2. The van der Waals surface area contributed by atoms with Crippen LogP contribution in [0.1, 0.15) is 10.4 Å².